The third-order valence-electron chi connectivity index (χ3n) is 3.11. The molecule has 1 unspecified atom stereocenters. The van der Waals surface area contributed by atoms with Gasteiger partial charge in [0.1, 0.15) is 0 Å². The monoisotopic (exact) mass is 296 g/mol. The molecule has 0 aliphatic carbocycles. The van der Waals surface area contributed by atoms with E-state index in [1.54, 1.807) is 0 Å². The van der Waals surface area contributed by atoms with Crippen molar-refractivity contribution in [1.29, 1.82) is 0 Å². The topological polar surface area (TPSA) is 32.3 Å². The molecule has 1 amide bonds. The van der Waals surface area contributed by atoms with Crippen molar-refractivity contribution in [3.05, 3.63) is 34.3 Å². The van der Waals surface area contributed by atoms with Crippen molar-refractivity contribution in [3.63, 3.8) is 0 Å². The van der Waals surface area contributed by atoms with Crippen LogP contribution in [0.2, 0.25) is 0 Å². The lowest BCUT2D eigenvalue weighted by Gasteiger charge is -2.30. The molecular weight excluding hydrogens is 280 g/mol. The molecule has 4 heteroatoms. The van der Waals surface area contributed by atoms with E-state index in [-0.39, 0.29) is 5.91 Å². The van der Waals surface area contributed by atoms with Crippen LogP contribution in [0.25, 0.3) is 0 Å². The molecule has 1 atom stereocenters. The lowest BCUT2D eigenvalue weighted by Crippen LogP contribution is -2.46. The van der Waals surface area contributed by atoms with Gasteiger partial charge in [-0.3, -0.25) is 4.79 Å². The Balaban J connectivity index is 1.84. The summed E-state index contributed by atoms with van der Waals surface area (Å²) in [6, 6.07) is 8.70. The van der Waals surface area contributed by atoms with Crippen molar-refractivity contribution in [2.75, 3.05) is 13.6 Å². The molecule has 1 aromatic rings. The largest absolute Gasteiger partial charge is 0.344 e. The average molecular weight is 297 g/mol. The highest BCUT2D eigenvalue weighted by Gasteiger charge is 2.21. The number of amides is 1. The maximum Gasteiger partial charge on any atom is 0.222 e. The predicted molar refractivity (Wildman–Crippen MR) is 71.6 cm³/mol. The van der Waals surface area contributed by atoms with Crippen LogP contribution in [0.4, 0.5) is 0 Å². The molecule has 92 valence electrons. The van der Waals surface area contributed by atoms with Crippen molar-refractivity contribution in [1.82, 2.24) is 10.2 Å². The minimum absolute atomic E-state index is 0.255. The van der Waals surface area contributed by atoms with Gasteiger partial charge in [-0.15, -0.1) is 0 Å². The van der Waals surface area contributed by atoms with Crippen molar-refractivity contribution in [2.24, 2.45) is 0 Å². The van der Waals surface area contributed by atoms with Crippen molar-refractivity contribution >= 4 is 21.8 Å². The molecule has 0 aromatic heterocycles. The van der Waals surface area contributed by atoms with Gasteiger partial charge >= 0.3 is 0 Å². The molecule has 3 nitrogen and oxygen atoms in total. The highest BCUT2D eigenvalue weighted by Crippen LogP contribution is 2.13. The van der Waals surface area contributed by atoms with Crippen LogP contribution in [0.1, 0.15) is 18.4 Å². The lowest BCUT2D eigenvalue weighted by atomic mass is 10.1. The van der Waals surface area contributed by atoms with Crippen LogP contribution in [-0.2, 0) is 11.3 Å². The maximum absolute atomic E-state index is 11.4. The van der Waals surface area contributed by atoms with E-state index < -0.39 is 0 Å². The highest BCUT2D eigenvalue weighted by molar-refractivity contribution is 9.10. The Hall–Kier alpha value is -0.870. The Morgan fingerprint density at radius 2 is 2.35 bits per heavy atom. The Bertz CT molecular complexity index is 408. The standard InChI is InChI=1S/C13H17BrN2O/c1-16-9-12(5-6-13(16)17)15-8-10-3-2-4-11(14)7-10/h2-4,7,12,15H,5-6,8-9H2,1H3. The van der Waals surface area contributed by atoms with Crippen LogP contribution in [0, 0.1) is 0 Å². The SMILES string of the molecule is CN1CC(NCc2cccc(Br)c2)CCC1=O. The molecule has 0 spiro atoms. The van der Waals surface area contributed by atoms with Crippen molar-refractivity contribution in [2.45, 2.75) is 25.4 Å². The number of halogens is 1. The van der Waals surface area contributed by atoms with Gasteiger partial charge in [-0.25, -0.2) is 0 Å². The summed E-state index contributed by atoms with van der Waals surface area (Å²) < 4.78 is 1.10. The van der Waals surface area contributed by atoms with Gasteiger partial charge in [0.15, 0.2) is 0 Å². The van der Waals surface area contributed by atoms with Gasteiger partial charge in [0, 0.05) is 37.1 Å². The number of hydrogen-bond acceptors (Lipinski definition) is 2. The van der Waals surface area contributed by atoms with Crippen molar-refractivity contribution < 1.29 is 4.79 Å². The van der Waals surface area contributed by atoms with Gasteiger partial charge in [-0.1, -0.05) is 28.1 Å². The van der Waals surface area contributed by atoms with Gasteiger partial charge in [0.2, 0.25) is 5.91 Å². The summed E-state index contributed by atoms with van der Waals surface area (Å²) in [4.78, 5) is 13.2. The van der Waals surface area contributed by atoms with Crippen LogP contribution in [-0.4, -0.2) is 30.4 Å². The normalized spacial score (nSPS) is 20.7. The fourth-order valence-electron chi connectivity index (χ4n) is 2.09. The lowest BCUT2D eigenvalue weighted by molar-refractivity contribution is -0.132. The summed E-state index contributed by atoms with van der Waals surface area (Å²) >= 11 is 3.46. The molecule has 0 radical (unpaired) electrons. The van der Waals surface area contributed by atoms with Crippen LogP contribution >= 0.6 is 15.9 Å². The average Bonchev–Trinajstić information content (AvgIpc) is 2.31. The summed E-state index contributed by atoms with van der Waals surface area (Å²) in [5.74, 6) is 0.255. The number of nitrogens with one attached hydrogen (secondary N) is 1. The molecular formula is C13H17BrN2O. The third kappa shape index (κ3) is 3.54. The maximum atomic E-state index is 11.4. The van der Waals surface area contributed by atoms with Gasteiger partial charge < -0.3 is 10.2 Å². The van der Waals surface area contributed by atoms with Gasteiger partial charge in [0.05, 0.1) is 0 Å². The number of carbonyl (C=O) groups excluding carboxylic acids is 1. The zero-order valence-electron chi connectivity index (χ0n) is 9.95. The minimum Gasteiger partial charge on any atom is -0.344 e. The molecule has 1 fully saturated rings. The predicted octanol–water partition coefficient (Wildman–Crippen LogP) is 2.16. The van der Waals surface area contributed by atoms with E-state index in [2.05, 4.69) is 33.4 Å². The molecule has 2 rings (SSSR count). The van der Waals surface area contributed by atoms with Gasteiger partial charge in [-0.05, 0) is 24.1 Å². The molecule has 1 N–H and O–H groups in total. The molecule has 1 aliphatic rings. The summed E-state index contributed by atoms with van der Waals surface area (Å²) in [6.45, 7) is 1.67. The smallest absolute Gasteiger partial charge is 0.222 e. The first-order valence-corrected chi connectivity index (χ1v) is 6.66. The first kappa shape index (κ1) is 12.6. The first-order chi connectivity index (χ1) is 8.15. The Labute approximate surface area is 110 Å². The Morgan fingerprint density at radius 1 is 1.53 bits per heavy atom. The Morgan fingerprint density at radius 3 is 3.06 bits per heavy atom. The molecule has 0 saturated carbocycles. The zero-order chi connectivity index (χ0) is 12.3. The molecule has 17 heavy (non-hydrogen) atoms. The van der Waals surface area contributed by atoms with E-state index in [1.807, 2.05) is 24.1 Å². The zero-order valence-corrected chi connectivity index (χ0v) is 11.5. The third-order valence-corrected chi connectivity index (χ3v) is 3.60. The van der Waals surface area contributed by atoms with Gasteiger partial charge in [0.25, 0.3) is 0 Å². The number of likely N-dealkylation sites (N-methyl/N-ethyl adjacent to an activating group) is 1. The number of benzene rings is 1. The fourth-order valence-corrected chi connectivity index (χ4v) is 2.53. The van der Waals surface area contributed by atoms with Crippen LogP contribution < -0.4 is 5.32 Å². The van der Waals surface area contributed by atoms with E-state index in [0.717, 1.165) is 24.0 Å². The van der Waals surface area contributed by atoms with E-state index >= 15 is 0 Å². The molecule has 0 bridgehead atoms. The second-order valence-electron chi connectivity index (χ2n) is 4.52. The Kier molecular flexibility index (Phi) is 4.18. The summed E-state index contributed by atoms with van der Waals surface area (Å²) in [5, 5.41) is 3.50. The van der Waals surface area contributed by atoms with Crippen LogP contribution in [0.5, 0.6) is 0 Å². The number of likely N-dealkylation sites (tertiary alicyclic amines) is 1. The van der Waals surface area contributed by atoms with Gasteiger partial charge in [-0.2, -0.15) is 0 Å². The summed E-state index contributed by atoms with van der Waals surface area (Å²) in [7, 11) is 1.87. The number of hydrogen-bond donors (Lipinski definition) is 1. The van der Waals surface area contributed by atoms with Crippen molar-refractivity contribution in [3.8, 4) is 0 Å². The number of rotatable bonds is 3. The van der Waals surface area contributed by atoms with Crippen LogP contribution in [0.3, 0.4) is 0 Å². The number of carbonyl (C=O) groups is 1. The minimum atomic E-state index is 0.255. The molecule has 1 heterocycles. The number of piperidine rings is 1. The van der Waals surface area contributed by atoms with E-state index in [4.69, 9.17) is 0 Å². The highest BCUT2D eigenvalue weighted by atomic mass is 79.9. The molecule has 1 aromatic carbocycles. The summed E-state index contributed by atoms with van der Waals surface area (Å²) in [6.07, 6.45) is 1.60. The van der Waals surface area contributed by atoms with E-state index in [0.29, 0.717) is 12.5 Å². The van der Waals surface area contributed by atoms with E-state index in [9.17, 15) is 4.79 Å². The first-order valence-electron chi connectivity index (χ1n) is 5.87. The second kappa shape index (κ2) is 5.65. The summed E-state index contributed by atoms with van der Waals surface area (Å²) in [5.41, 5.74) is 1.26. The molecule has 1 saturated heterocycles. The quantitative estimate of drug-likeness (QED) is 0.927. The fraction of sp³-hybridized carbons (Fsp3) is 0.462. The van der Waals surface area contributed by atoms with Crippen LogP contribution in [0.15, 0.2) is 28.7 Å². The molecule has 1 aliphatic heterocycles. The second-order valence-corrected chi connectivity index (χ2v) is 5.44. The van der Waals surface area contributed by atoms with E-state index in [1.165, 1.54) is 5.56 Å². The number of nitrogens with zero attached hydrogens (tertiary/aromatic N) is 1.